The van der Waals surface area contributed by atoms with Gasteiger partial charge in [0.05, 0.1) is 24.4 Å². The molecule has 2 aromatic rings. The van der Waals surface area contributed by atoms with Gasteiger partial charge in [-0.1, -0.05) is 36.7 Å². The molecule has 150 valence electrons. The molecule has 1 N–H and O–H groups in total. The van der Waals surface area contributed by atoms with Crippen molar-refractivity contribution in [3.8, 4) is 11.5 Å². The molecule has 3 rings (SSSR count). The summed E-state index contributed by atoms with van der Waals surface area (Å²) in [5, 5.41) is 2.38. The van der Waals surface area contributed by atoms with Crippen molar-refractivity contribution >= 4 is 41.2 Å². The van der Waals surface area contributed by atoms with Gasteiger partial charge in [0.2, 0.25) is 0 Å². The van der Waals surface area contributed by atoms with Crippen LogP contribution in [-0.4, -0.2) is 31.6 Å². The summed E-state index contributed by atoms with van der Waals surface area (Å²) >= 11 is 6.12. The molecule has 1 fully saturated rings. The maximum atomic E-state index is 12.9. The summed E-state index contributed by atoms with van der Waals surface area (Å²) < 4.78 is 10.9. The summed E-state index contributed by atoms with van der Waals surface area (Å²) in [7, 11) is 1.50. The number of rotatable bonds is 6. The van der Waals surface area contributed by atoms with Gasteiger partial charge in [-0.25, -0.2) is 9.69 Å². The third kappa shape index (κ3) is 4.25. The number of halogens is 1. The van der Waals surface area contributed by atoms with E-state index in [4.69, 9.17) is 21.1 Å². The summed E-state index contributed by atoms with van der Waals surface area (Å²) in [6, 6.07) is 10.6. The molecule has 0 unspecified atom stereocenters. The quantitative estimate of drug-likeness (QED) is 0.574. The zero-order chi connectivity index (χ0) is 21.0. The molecule has 0 spiro atoms. The average Bonchev–Trinajstić information content (AvgIpc) is 2.71. The first-order valence-corrected chi connectivity index (χ1v) is 9.31. The molecule has 2 aromatic carbocycles. The van der Waals surface area contributed by atoms with Crippen LogP contribution in [0.15, 0.2) is 48.0 Å². The van der Waals surface area contributed by atoms with Crippen molar-refractivity contribution in [2.24, 2.45) is 0 Å². The van der Waals surface area contributed by atoms with Crippen molar-refractivity contribution in [2.45, 2.75) is 13.3 Å². The standard InChI is InChI=1S/C21H19ClN2O5/c1-3-10-29-17-9-8-13(12-18(17)28-2)11-14-19(25)23-21(27)24(20(14)26)16-7-5-4-6-15(16)22/h4-9,11-12H,3,10H2,1-2H3,(H,23,25,27)/b14-11+. The van der Waals surface area contributed by atoms with Gasteiger partial charge in [0.1, 0.15) is 5.57 Å². The van der Waals surface area contributed by atoms with Crippen LogP contribution >= 0.6 is 11.6 Å². The van der Waals surface area contributed by atoms with Crippen LogP contribution in [0.5, 0.6) is 11.5 Å². The first-order valence-electron chi connectivity index (χ1n) is 8.93. The van der Waals surface area contributed by atoms with Crippen LogP contribution in [0.25, 0.3) is 6.08 Å². The normalized spacial score (nSPS) is 15.5. The van der Waals surface area contributed by atoms with E-state index < -0.39 is 17.8 Å². The number of hydrogen-bond acceptors (Lipinski definition) is 5. The molecule has 0 aromatic heterocycles. The van der Waals surface area contributed by atoms with Crippen molar-refractivity contribution in [3.05, 3.63) is 58.6 Å². The fourth-order valence-electron chi connectivity index (χ4n) is 2.78. The number of carbonyl (C=O) groups is 3. The first kappa shape index (κ1) is 20.4. The second-order valence-electron chi connectivity index (χ2n) is 6.17. The lowest BCUT2D eigenvalue weighted by Gasteiger charge is -2.27. The Morgan fingerprint density at radius 1 is 1.10 bits per heavy atom. The number of nitrogens with one attached hydrogen (secondary N) is 1. The summed E-state index contributed by atoms with van der Waals surface area (Å²) in [5.41, 5.74) is 0.530. The van der Waals surface area contributed by atoms with E-state index in [0.29, 0.717) is 23.7 Å². The van der Waals surface area contributed by atoms with Crippen LogP contribution in [0.3, 0.4) is 0 Å². The maximum absolute atomic E-state index is 12.9. The zero-order valence-electron chi connectivity index (χ0n) is 15.9. The minimum atomic E-state index is -0.855. The molecule has 0 saturated carbocycles. The number of methoxy groups -OCH3 is 1. The average molecular weight is 415 g/mol. The Bertz CT molecular complexity index is 1000. The van der Waals surface area contributed by atoms with E-state index in [1.165, 1.54) is 19.3 Å². The monoisotopic (exact) mass is 414 g/mol. The molecule has 1 aliphatic heterocycles. The lowest BCUT2D eigenvalue weighted by Crippen LogP contribution is -2.54. The molecular weight excluding hydrogens is 396 g/mol. The van der Waals surface area contributed by atoms with Crippen LogP contribution in [0.4, 0.5) is 10.5 Å². The minimum absolute atomic E-state index is 0.191. The van der Waals surface area contributed by atoms with E-state index in [-0.39, 0.29) is 16.3 Å². The summed E-state index contributed by atoms with van der Waals surface area (Å²) in [4.78, 5) is 38.3. The molecule has 1 heterocycles. The molecule has 1 saturated heterocycles. The fraction of sp³-hybridized carbons (Fsp3) is 0.190. The highest BCUT2D eigenvalue weighted by Crippen LogP contribution is 2.31. The number of barbiturate groups is 1. The predicted octanol–water partition coefficient (Wildman–Crippen LogP) is 3.80. The number of nitrogens with zero attached hydrogens (tertiary/aromatic N) is 1. The molecular formula is C21H19ClN2O5. The highest BCUT2D eigenvalue weighted by Gasteiger charge is 2.37. The molecule has 4 amide bonds. The van der Waals surface area contributed by atoms with Crippen molar-refractivity contribution in [1.29, 1.82) is 0 Å². The van der Waals surface area contributed by atoms with Gasteiger partial charge in [0.25, 0.3) is 11.8 Å². The largest absolute Gasteiger partial charge is 0.493 e. The lowest BCUT2D eigenvalue weighted by molar-refractivity contribution is -0.122. The van der Waals surface area contributed by atoms with Gasteiger partial charge < -0.3 is 9.47 Å². The Morgan fingerprint density at radius 2 is 1.86 bits per heavy atom. The van der Waals surface area contributed by atoms with Crippen molar-refractivity contribution in [3.63, 3.8) is 0 Å². The van der Waals surface area contributed by atoms with Gasteiger partial charge in [-0.15, -0.1) is 0 Å². The minimum Gasteiger partial charge on any atom is -0.493 e. The molecule has 29 heavy (non-hydrogen) atoms. The van der Waals surface area contributed by atoms with E-state index >= 15 is 0 Å². The summed E-state index contributed by atoms with van der Waals surface area (Å²) in [6.07, 6.45) is 2.23. The van der Waals surface area contributed by atoms with Gasteiger partial charge in [0.15, 0.2) is 11.5 Å². The highest BCUT2D eigenvalue weighted by molar-refractivity contribution is 6.42. The Labute approximate surface area is 172 Å². The van der Waals surface area contributed by atoms with Crippen LogP contribution in [0, 0.1) is 0 Å². The summed E-state index contributed by atoms with van der Waals surface area (Å²) in [5.74, 6) is -0.523. The van der Waals surface area contributed by atoms with Crippen molar-refractivity contribution in [2.75, 3.05) is 18.6 Å². The van der Waals surface area contributed by atoms with Crippen LogP contribution < -0.4 is 19.7 Å². The Kier molecular flexibility index (Phi) is 6.19. The van der Waals surface area contributed by atoms with Gasteiger partial charge >= 0.3 is 6.03 Å². The first-order chi connectivity index (χ1) is 14.0. The van der Waals surface area contributed by atoms with E-state index in [2.05, 4.69) is 5.32 Å². The number of hydrogen-bond donors (Lipinski definition) is 1. The van der Waals surface area contributed by atoms with Crippen molar-refractivity contribution < 1.29 is 23.9 Å². The smallest absolute Gasteiger partial charge is 0.335 e. The Morgan fingerprint density at radius 3 is 2.55 bits per heavy atom. The van der Waals surface area contributed by atoms with E-state index in [9.17, 15) is 14.4 Å². The lowest BCUT2D eigenvalue weighted by atomic mass is 10.1. The van der Waals surface area contributed by atoms with Crippen molar-refractivity contribution in [1.82, 2.24) is 5.32 Å². The Balaban J connectivity index is 1.97. The fourth-order valence-corrected chi connectivity index (χ4v) is 3.00. The Hall–Kier alpha value is -3.32. The van der Waals surface area contributed by atoms with Gasteiger partial charge in [-0.2, -0.15) is 0 Å². The molecule has 0 aliphatic carbocycles. The summed E-state index contributed by atoms with van der Waals surface area (Å²) in [6.45, 7) is 2.52. The molecule has 0 bridgehead atoms. The predicted molar refractivity (Wildman–Crippen MR) is 109 cm³/mol. The van der Waals surface area contributed by atoms with Crippen LogP contribution in [0.1, 0.15) is 18.9 Å². The number of urea groups is 1. The highest BCUT2D eigenvalue weighted by atomic mass is 35.5. The molecule has 1 aliphatic rings. The topological polar surface area (TPSA) is 84.9 Å². The number of amides is 4. The van der Waals surface area contributed by atoms with Crippen LogP contribution in [0.2, 0.25) is 5.02 Å². The maximum Gasteiger partial charge on any atom is 0.335 e. The second kappa shape index (κ2) is 8.79. The molecule has 7 nitrogen and oxygen atoms in total. The molecule has 0 atom stereocenters. The zero-order valence-corrected chi connectivity index (χ0v) is 16.7. The number of anilines is 1. The third-order valence-corrected chi connectivity index (χ3v) is 4.48. The van der Waals surface area contributed by atoms with Gasteiger partial charge in [0, 0.05) is 0 Å². The van der Waals surface area contributed by atoms with Gasteiger partial charge in [-0.3, -0.25) is 14.9 Å². The number of benzene rings is 2. The van der Waals surface area contributed by atoms with Crippen LogP contribution in [-0.2, 0) is 9.59 Å². The molecule has 8 heteroatoms. The van der Waals surface area contributed by atoms with E-state index in [0.717, 1.165) is 11.3 Å². The molecule has 0 radical (unpaired) electrons. The third-order valence-electron chi connectivity index (χ3n) is 4.16. The number of imide groups is 2. The SMILES string of the molecule is CCCOc1ccc(/C=C2\C(=O)NC(=O)N(c3ccccc3Cl)C2=O)cc1OC. The van der Waals surface area contributed by atoms with E-state index in [1.807, 2.05) is 6.92 Å². The number of carbonyl (C=O) groups excluding carboxylic acids is 3. The van der Waals surface area contributed by atoms with Gasteiger partial charge in [-0.05, 0) is 42.3 Å². The number of para-hydroxylation sites is 1. The second-order valence-corrected chi connectivity index (χ2v) is 6.58. The van der Waals surface area contributed by atoms with E-state index in [1.54, 1.807) is 36.4 Å². The number of ether oxygens (including phenoxy) is 2.